The fourth-order valence-corrected chi connectivity index (χ4v) is 2.53. The van der Waals surface area contributed by atoms with Crippen molar-refractivity contribution in [1.29, 1.82) is 0 Å². The Balaban J connectivity index is 1.78. The monoisotopic (exact) mass is 334 g/mol. The summed E-state index contributed by atoms with van der Waals surface area (Å²) in [4.78, 5) is 12.2. The number of nitrogens with two attached hydrogens (primary N) is 1. The molecular formula is C15H12Cl2N4O. The van der Waals surface area contributed by atoms with E-state index >= 15 is 0 Å². The molecule has 0 fully saturated rings. The van der Waals surface area contributed by atoms with Crippen LogP contribution in [0.15, 0.2) is 36.4 Å². The molecule has 0 unspecified atom stereocenters. The summed E-state index contributed by atoms with van der Waals surface area (Å²) in [6.07, 6.45) is 0. The van der Waals surface area contributed by atoms with Gasteiger partial charge in [-0.1, -0.05) is 35.3 Å². The normalized spacial score (nSPS) is 10.8. The fourth-order valence-electron chi connectivity index (χ4n) is 2.14. The molecule has 0 aliphatic rings. The summed E-state index contributed by atoms with van der Waals surface area (Å²) in [5, 5.41) is 11.1. The number of halogens is 2. The van der Waals surface area contributed by atoms with E-state index in [2.05, 4.69) is 15.5 Å². The van der Waals surface area contributed by atoms with E-state index < -0.39 is 0 Å². The number of H-pyrrole nitrogens is 1. The zero-order chi connectivity index (χ0) is 15.7. The van der Waals surface area contributed by atoms with Crippen molar-refractivity contribution in [3.63, 3.8) is 0 Å². The predicted molar refractivity (Wildman–Crippen MR) is 88.1 cm³/mol. The van der Waals surface area contributed by atoms with Gasteiger partial charge in [-0.3, -0.25) is 9.89 Å². The van der Waals surface area contributed by atoms with Crippen LogP contribution in [0.25, 0.3) is 10.9 Å². The molecule has 0 aliphatic carbocycles. The summed E-state index contributed by atoms with van der Waals surface area (Å²) in [5.74, 6) is 0.140. The second kappa shape index (κ2) is 5.87. The van der Waals surface area contributed by atoms with Crippen LogP contribution in [0.1, 0.15) is 15.9 Å². The highest BCUT2D eigenvalue weighted by molar-refractivity contribution is 6.42. The number of nitrogens with one attached hydrogen (secondary N) is 2. The minimum atomic E-state index is -0.224. The van der Waals surface area contributed by atoms with Gasteiger partial charge in [0.1, 0.15) is 0 Å². The molecule has 0 bridgehead atoms. The van der Waals surface area contributed by atoms with Crippen molar-refractivity contribution in [2.24, 2.45) is 0 Å². The zero-order valence-electron chi connectivity index (χ0n) is 11.4. The maximum atomic E-state index is 12.2. The number of anilines is 1. The maximum absolute atomic E-state index is 12.2. The summed E-state index contributed by atoms with van der Waals surface area (Å²) in [6.45, 7) is 0.289. The number of benzene rings is 2. The molecule has 1 heterocycles. The van der Waals surface area contributed by atoms with Crippen molar-refractivity contribution in [3.8, 4) is 0 Å². The lowest BCUT2D eigenvalue weighted by atomic mass is 10.1. The van der Waals surface area contributed by atoms with Crippen LogP contribution in [0.4, 0.5) is 5.82 Å². The minimum Gasteiger partial charge on any atom is -0.382 e. The van der Waals surface area contributed by atoms with Gasteiger partial charge >= 0.3 is 0 Å². The van der Waals surface area contributed by atoms with Crippen LogP contribution in [0.3, 0.4) is 0 Å². The number of aromatic nitrogens is 2. The highest BCUT2D eigenvalue weighted by Gasteiger charge is 2.10. The Bertz CT molecular complexity index is 860. The van der Waals surface area contributed by atoms with Crippen LogP contribution in [-0.2, 0) is 6.54 Å². The van der Waals surface area contributed by atoms with Gasteiger partial charge in [0, 0.05) is 17.5 Å². The van der Waals surface area contributed by atoms with Crippen molar-refractivity contribution in [3.05, 3.63) is 57.6 Å². The number of nitrogens with zero attached hydrogens (tertiary/aromatic N) is 1. The van der Waals surface area contributed by atoms with Gasteiger partial charge in [-0.05, 0) is 29.8 Å². The van der Waals surface area contributed by atoms with Gasteiger partial charge < -0.3 is 11.1 Å². The molecule has 0 spiro atoms. The van der Waals surface area contributed by atoms with Crippen molar-refractivity contribution in [2.75, 3.05) is 5.73 Å². The van der Waals surface area contributed by atoms with E-state index in [0.717, 1.165) is 11.1 Å². The van der Waals surface area contributed by atoms with E-state index in [1.54, 1.807) is 30.3 Å². The van der Waals surface area contributed by atoms with Crippen LogP contribution in [-0.4, -0.2) is 16.1 Å². The third-order valence-corrected chi connectivity index (χ3v) is 4.18. The van der Waals surface area contributed by atoms with Gasteiger partial charge in [0.05, 0.1) is 15.6 Å². The van der Waals surface area contributed by atoms with Gasteiger partial charge in [-0.2, -0.15) is 5.10 Å². The first kappa shape index (κ1) is 14.7. The molecule has 1 aromatic heterocycles. The van der Waals surface area contributed by atoms with E-state index in [4.69, 9.17) is 28.9 Å². The smallest absolute Gasteiger partial charge is 0.251 e. The van der Waals surface area contributed by atoms with Crippen molar-refractivity contribution in [2.45, 2.75) is 6.54 Å². The molecule has 7 heteroatoms. The van der Waals surface area contributed by atoms with E-state index in [0.29, 0.717) is 26.8 Å². The molecule has 0 saturated heterocycles. The zero-order valence-corrected chi connectivity index (χ0v) is 12.9. The van der Waals surface area contributed by atoms with Crippen molar-refractivity contribution < 1.29 is 4.79 Å². The molecule has 0 atom stereocenters. The summed E-state index contributed by atoms with van der Waals surface area (Å²) in [7, 11) is 0. The maximum Gasteiger partial charge on any atom is 0.251 e. The van der Waals surface area contributed by atoms with Gasteiger partial charge in [0.25, 0.3) is 5.91 Å². The fraction of sp³-hybridized carbons (Fsp3) is 0.0667. The number of rotatable bonds is 3. The molecule has 0 aliphatic heterocycles. The molecule has 0 saturated carbocycles. The number of carbonyl (C=O) groups is 1. The van der Waals surface area contributed by atoms with Gasteiger partial charge in [0.15, 0.2) is 5.82 Å². The molecule has 2 aromatic carbocycles. The van der Waals surface area contributed by atoms with E-state index in [1.807, 2.05) is 6.07 Å². The topological polar surface area (TPSA) is 83.8 Å². The Morgan fingerprint density at radius 3 is 2.91 bits per heavy atom. The number of hydrogen-bond donors (Lipinski definition) is 3. The first-order valence-electron chi connectivity index (χ1n) is 6.51. The summed E-state index contributed by atoms with van der Waals surface area (Å²) < 4.78 is 0. The first-order valence-corrected chi connectivity index (χ1v) is 7.26. The summed E-state index contributed by atoms with van der Waals surface area (Å²) in [6, 6.07) is 10.5. The van der Waals surface area contributed by atoms with Crippen LogP contribution in [0.2, 0.25) is 10.0 Å². The molecule has 3 rings (SSSR count). The van der Waals surface area contributed by atoms with E-state index in [1.165, 1.54) is 0 Å². The number of amides is 1. The summed E-state index contributed by atoms with van der Waals surface area (Å²) in [5.41, 5.74) is 7.78. The number of nitrogen functional groups attached to an aromatic ring is 1. The molecule has 4 N–H and O–H groups in total. The lowest BCUT2D eigenvalue weighted by Crippen LogP contribution is -2.22. The Kier molecular flexibility index (Phi) is 3.92. The Morgan fingerprint density at radius 1 is 1.27 bits per heavy atom. The molecule has 1 amide bonds. The lowest BCUT2D eigenvalue weighted by molar-refractivity contribution is 0.0951. The summed E-state index contributed by atoms with van der Waals surface area (Å²) >= 11 is 12.0. The largest absolute Gasteiger partial charge is 0.382 e. The average molecular weight is 335 g/mol. The Hall–Kier alpha value is -2.24. The van der Waals surface area contributed by atoms with E-state index in [9.17, 15) is 4.79 Å². The third-order valence-electron chi connectivity index (χ3n) is 3.33. The molecular weight excluding hydrogens is 323 g/mol. The highest BCUT2D eigenvalue weighted by Crippen LogP contribution is 2.25. The van der Waals surface area contributed by atoms with Crippen LogP contribution in [0.5, 0.6) is 0 Å². The van der Waals surface area contributed by atoms with E-state index in [-0.39, 0.29) is 12.5 Å². The SMILES string of the molecule is Nc1n[nH]c2ccc(C(=O)NCc3cccc(Cl)c3Cl)cc12. The van der Waals surface area contributed by atoms with Gasteiger partial charge in [-0.15, -0.1) is 0 Å². The quantitative estimate of drug-likeness (QED) is 0.686. The number of aromatic amines is 1. The number of hydrogen-bond acceptors (Lipinski definition) is 3. The van der Waals surface area contributed by atoms with Crippen molar-refractivity contribution >= 4 is 45.8 Å². The van der Waals surface area contributed by atoms with Gasteiger partial charge in [-0.25, -0.2) is 0 Å². The van der Waals surface area contributed by atoms with Crippen LogP contribution >= 0.6 is 23.2 Å². The Labute approximate surface area is 136 Å². The Morgan fingerprint density at radius 2 is 2.09 bits per heavy atom. The number of fused-ring (bicyclic) bond motifs is 1. The second-order valence-electron chi connectivity index (χ2n) is 4.76. The molecule has 5 nitrogen and oxygen atoms in total. The molecule has 0 radical (unpaired) electrons. The van der Waals surface area contributed by atoms with Crippen LogP contribution < -0.4 is 11.1 Å². The standard InChI is InChI=1S/C15H12Cl2N4O/c16-11-3-1-2-9(13(11)17)7-19-15(22)8-4-5-12-10(6-8)14(18)21-20-12/h1-6H,7H2,(H,19,22)(H3,18,20,21). The van der Waals surface area contributed by atoms with Crippen LogP contribution in [0, 0.1) is 0 Å². The van der Waals surface area contributed by atoms with Gasteiger partial charge in [0.2, 0.25) is 0 Å². The molecule has 3 aromatic rings. The first-order chi connectivity index (χ1) is 10.6. The molecule has 112 valence electrons. The highest BCUT2D eigenvalue weighted by atomic mass is 35.5. The minimum absolute atomic E-state index is 0.224. The second-order valence-corrected chi connectivity index (χ2v) is 5.55. The third kappa shape index (κ3) is 2.73. The average Bonchev–Trinajstić information content (AvgIpc) is 2.89. The van der Waals surface area contributed by atoms with Crippen molar-refractivity contribution in [1.82, 2.24) is 15.5 Å². The number of carbonyl (C=O) groups excluding carboxylic acids is 1. The molecule has 22 heavy (non-hydrogen) atoms. The lowest BCUT2D eigenvalue weighted by Gasteiger charge is -2.08. The predicted octanol–water partition coefficient (Wildman–Crippen LogP) is 3.38.